The van der Waals surface area contributed by atoms with Crippen LogP contribution in [0.2, 0.25) is 0 Å². The van der Waals surface area contributed by atoms with Crippen LogP contribution in [0.15, 0.2) is 54.6 Å². The number of rotatable bonds is 5. The van der Waals surface area contributed by atoms with E-state index in [1.807, 2.05) is 48.5 Å². The van der Waals surface area contributed by atoms with Crippen molar-refractivity contribution in [3.05, 3.63) is 65.0 Å². The molecular weight excluding hydrogens is 436 g/mol. The first-order chi connectivity index (χ1) is 16.0. The van der Waals surface area contributed by atoms with Crippen molar-refractivity contribution in [2.24, 2.45) is 0 Å². The lowest BCUT2D eigenvalue weighted by Crippen LogP contribution is -2.44. The van der Waals surface area contributed by atoms with E-state index in [-0.39, 0.29) is 18.1 Å². The molecule has 2 atom stereocenters. The summed E-state index contributed by atoms with van der Waals surface area (Å²) in [5, 5.41) is 3.12. The number of benzene rings is 2. The Bertz CT molecular complexity index is 1130. The number of anilines is 1. The van der Waals surface area contributed by atoms with Gasteiger partial charge in [0.1, 0.15) is 13.2 Å². The molecule has 172 valence electrons. The molecule has 7 heteroatoms. The fraction of sp³-hybridized carbons (Fsp3) is 0.346. The lowest BCUT2D eigenvalue weighted by molar-refractivity contribution is -0.0704. The van der Waals surface area contributed by atoms with E-state index in [0.29, 0.717) is 18.1 Å². The van der Waals surface area contributed by atoms with Crippen LogP contribution in [0.5, 0.6) is 11.5 Å². The number of para-hydroxylation sites is 1. The average molecular weight is 465 g/mol. The number of carbonyl (C=O) groups excluding carboxylic acids is 1. The van der Waals surface area contributed by atoms with Gasteiger partial charge in [0.2, 0.25) is 0 Å². The third-order valence-corrected chi connectivity index (χ3v) is 6.94. The minimum Gasteiger partial charge on any atom is -0.486 e. The van der Waals surface area contributed by atoms with Gasteiger partial charge in [-0.05, 0) is 61.4 Å². The van der Waals surface area contributed by atoms with Gasteiger partial charge in [-0.2, -0.15) is 0 Å². The number of nitrogens with zero attached hydrogens (tertiary/aromatic N) is 1. The van der Waals surface area contributed by atoms with E-state index in [9.17, 15) is 4.79 Å². The monoisotopic (exact) mass is 464 g/mol. The largest absolute Gasteiger partial charge is 0.486 e. The number of carbonyl (C=O) groups is 1. The van der Waals surface area contributed by atoms with E-state index in [1.54, 1.807) is 0 Å². The molecule has 0 spiro atoms. The normalized spacial score (nSPS) is 20.4. The van der Waals surface area contributed by atoms with Gasteiger partial charge in [-0.15, -0.1) is 11.3 Å². The highest BCUT2D eigenvalue weighted by molar-refractivity contribution is 7.17. The van der Waals surface area contributed by atoms with Crippen molar-refractivity contribution in [1.82, 2.24) is 4.90 Å². The van der Waals surface area contributed by atoms with Gasteiger partial charge < -0.3 is 19.5 Å². The summed E-state index contributed by atoms with van der Waals surface area (Å²) in [6, 6.07) is 17.8. The van der Waals surface area contributed by atoms with Gasteiger partial charge in [-0.3, -0.25) is 9.69 Å². The van der Waals surface area contributed by atoms with Gasteiger partial charge in [0.25, 0.3) is 5.91 Å². The molecule has 2 unspecified atom stereocenters. The summed E-state index contributed by atoms with van der Waals surface area (Å²) in [6.45, 7) is 7.88. The summed E-state index contributed by atoms with van der Waals surface area (Å²) < 4.78 is 17.2. The molecule has 0 saturated carbocycles. The summed E-state index contributed by atoms with van der Waals surface area (Å²) in [4.78, 5) is 17.1. The summed E-state index contributed by atoms with van der Waals surface area (Å²) in [7, 11) is 0. The zero-order valence-electron chi connectivity index (χ0n) is 18.9. The van der Waals surface area contributed by atoms with E-state index in [1.165, 1.54) is 11.3 Å². The molecule has 3 aromatic rings. The van der Waals surface area contributed by atoms with E-state index in [0.717, 1.165) is 52.8 Å². The van der Waals surface area contributed by atoms with Crippen molar-refractivity contribution in [2.45, 2.75) is 32.6 Å². The standard InChI is InChI=1S/C26H28N2O4S/c1-17-14-28(15-18(2)32-17)16-20-5-3-4-6-21(20)27-26(29)25-10-9-24(33-25)19-7-8-22-23(13-19)31-12-11-30-22/h3-10,13,17-18H,11-12,14-16H2,1-2H3,(H,27,29). The molecular formula is C26H28N2O4S. The molecule has 1 fully saturated rings. The number of hydrogen-bond donors (Lipinski definition) is 1. The Hall–Kier alpha value is -2.87. The van der Waals surface area contributed by atoms with Gasteiger partial charge in [0, 0.05) is 30.2 Å². The van der Waals surface area contributed by atoms with Gasteiger partial charge in [0.15, 0.2) is 11.5 Å². The van der Waals surface area contributed by atoms with Crippen LogP contribution in [0.25, 0.3) is 10.4 Å². The van der Waals surface area contributed by atoms with Gasteiger partial charge in [0.05, 0.1) is 17.1 Å². The Morgan fingerprint density at radius 3 is 2.58 bits per heavy atom. The lowest BCUT2D eigenvalue weighted by atomic mass is 10.1. The van der Waals surface area contributed by atoms with Crippen LogP contribution in [0.3, 0.4) is 0 Å². The van der Waals surface area contributed by atoms with Crippen LogP contribution in [0, 0.1) is 0 Å². The Balaban J connectivity index is 1.29. The SMILES string of the molecule is CC1CN(Cc2ccccc2NC(=O)c2ccc(-c3ccc4c(c3)OCCO4)s2)CC(C)O1. The third-order valence-electron chi connectivity index (χ3n) is 5.81. The average Bonchev–Trinajstić information content (AvgIpc) is 3.30. The molecule has 1 N–H and O–H groups in total. The maximum Gasteiger partial charge on any atom is 0.265 e. The van der Waals surface area contributed by atoms with Gasteiger partial charge in [-0.1, -0.05) is 18.2 Å². The summed E-state index contributed by atoms with van der Waals surface area (Å²) in [5.41, 5.74) is 2.97. The van der Waals surface area contributed by atoms with Crippen LogP contribution in [-0.2, 0) is 11.3 Å². The fourth-order valence-corrected chi connectivity index (χ4v) is 5.33. The minimum atomic E-state index is -0.0973. The third kappa shape index (κ3) is 5.05. The number of amides is 1. The van der Waals surface area contributed by atoms with Crippen molar-refractivity contribution in [1.29, 1.82) is 0 Å². The van der Waals surface area contributed by atoms with E-state index in [4.69, 9.17) is 14.2 Å². The van der Waals surface area contributed by atoms with Crippen LogP contribution in [0.1, 0.15) is 29.1 Å². The molecule has 1 aromatic heterocycles. The maximum absolute atomic E-state index is 13.1. The van der Waals surface area contributed by atoms with E-state index in [2.05, 4.69) is 30.1 Å². The maximum atomic E-state index is 13.1. The molecule has 33 heavy (non-hydrogen) atoms. The molecule has 0 aliphatic carbocycles. The highest BCUT2D eigenvalue weighted by atomic mass is 32.1. The summed E-state index contributed by atoms with van der Waals surface area (Å²) >= 11 is 1.47. The molecule has 1 amide bonds. The molecule has 3 heterocycles. The zero-order chi connectivity index (χ0) is 22.8. The summed E-state index contributed by atoms with van der Waals surface area (Å²) in [5.74, 6) is 1.42. The predicted molar refractivity (Wildman–Crippen MR) is 130 cm³/mol. The van der Waals surface area contributed by atoms with Gasteiger partial charge in [-0.25, -0.2) is 0 Å². The quantitative estimate of drug-likeness (QED) is 0.573. The van der Waals surface area contributed by atoms with Crippen LogP contribution in [-0.4, -0.2) is 49.3 Å². The summed E-state index contributed by atoms with van der Waals surface area (Å²) in [6.07, 6.45) is 0.418. The topological polar surface area (TPSA) is 60.0 Å². The van der Waals surface area contributed by atoms with Crippen LogP contribution >= 0.6 is 11.3 Å². The Labute approximate surface area is 198 Å². The van der Waals surface area contributed by atoms with E-state index >= 15 is 0 Å². The Kier molecular flexibility index (Phi) is 6.35. The smallest absolute Gasteiger partial charge is 0.265 e. The first-order valence-corrected chi connectivity index (χ1v) is 12.1. The molecule has 5 rings (SSSR count). The van der Waals surface area contributed by atoms with Crippen molar-refractivity contribution in [2.75, 3.05) is 31.6 Å². The highest BCUT2D eigenvalue weighted by Crippen LogP contribution is 2.37. The fourth-order valence-electron chi connectivity index (χ4n) is 4.43. The first kappa shape index (κ1) is 21.9. The predicted octanol–water partition coefficient (Wildman–Crippen LogP) is 5.05. The van der Waals surface area contributed by atoms with Crippen LogP contribution < -0.4 is 14.8 Å². The second-order valence-corrected chi connectivity index (χ2v) is 9.67. The Morgan fingerprint density at radius 1 is 1.00 bits per heavy atom. The van der Waals surface area contributed by atoms with Crippen molar-refractivity contribution < 1.29 is 19.0 Å². The number of ether oxygens (including phenoxy) is 3. The number of hydrogen-bond acceptors (Lipinski definition) is 6. The van der Waals surface area contributed by atoms with Gasteiger partial charge >= 0.3 is 0 Å². The number of thiophene rings is 1. The number of nitrogens with one attached hydrogen (secondary N) is 1. The Morgan fingerprint density at radius 2 is 1.76 bits per heavy atom. The van der Waals surface area contributed by atoms with E-state index < -0.39 is 0 Å². The second-order valence-electron chi connectivity index (χ2n) is 8.59. The molecule has 2 aliphatic rings. The molecule has 1 saturated heterocycles. The van der Waals surface area contributed by atoms with Crippen LogP contribution in [0.4, 0.5) is 5.69 Å². The molecule has 2 aromatic carbocycles. The zero-order valence-corrected chi connectivity index (χ0v) is 19.7. The van der Waals surface area contributed by atoms with Crippen molar-refractivity contribution >= 4 is 22.9 Å². The first-order valence-electron chi connectivity index (χ1n) is 11.3. The molecule has 0 radical (unpaired) electrons. The molecule has 6 nitrogen and oxygen atoms in total. The minimum absolute atomic E-state index is 0.0973. The molecule has 2 aliphatic heterocycles. The lowest BCUT2D eigenvalue weighted by Gasteiger charge is -2.35. The number of morpholine rings is 1. The molecule has 0 bridgehead atoms. The van der Waals surface area contributed by atoms with Crippen molar-refractivity contribution in [3.63, 3.8) is 0 Å². The highest BCUT2D eigenvalue weighted by Gasteiger charge is 2.23. The number of fused-ring (bicyclic) bond motifs is 1. The van der Waals surface area contributed by atoms with Crippen molar-refractivity contribution in [3.8, 4) is 21.9 Å². The second kappa shape index (κ2) is 9.55.